The summed E-state index contributed by atoms with van der Waals surface area (Å²) in [7, 11) is 0. The van der Waals surface area contributed by atoms with Crippen LogP contribution in [0.2, 0.25) is 0 Å². The van der Waals surface area contributed by atoms with E-state index >= 15 is 0 Å². The predicted octanol–water partition coefficient (Wildman–Crippen LogP) is 3.03. The molecule has 104 valence electrons. The monoisotopic (exact) mass is 261 g/mol. The molecule has 1 aliphatic carbocycles. The van der Waals surface area contributed by atoms with Gasteiger partial charge in [0.25, 0.3) is 0 Å². The molecule has 1 aromatic carbocycles. The molecule has 19 heavy (non-hydrogen) atoms. The first-order valence-corrected chi connectivity index (χ1v) is 7.22. The molecule has 0 aromatic heterocycles. The van der Waals surface area contributed by atoms with Crippen molar-refractivity contribution in [2.75, 3.05) is 0 Å². The van der Waals surface area contributed by atoms with Gasteiger partial charge in [-0.2, -0.15) is 0 Å². The van der Waals surface area contributed by atoms with E-state index in [9.17, 15) is 4.79 Å². The number of hydrogen-bond acceptors (Lipinski definition) is 3. The van der Waals surface area contributed by atoms with Crippen LogP contribution in [0.5, 0.6) is 0 Å². The second-order valence-electron chi connectivity index (χ2n) is 5.44. The summed E-state index contributed by atoms with van der Waals surface area (Å²) in [5.74, 6) is 0.336. The maximum Gasteiger partial charge on any atom is 0.323 e. The van der Waals surface area contributed by atoms with Gasteiger partial charge in [-0.05, 0) is 17.9 Å². The highest BCUT2D eigenvalue weighted by molar-refractivity contribution is 5.75. The molecule has 0 spiro atoms. The van der Waals surface area contributed by atoms with Crippen molar-refractivity contribution in [2.24, 2.45) is 11.7 Å². The molecule has 1 saturated carbocycles. The van der Waals surface area contributed by atoms with Crippen LogP contribution in [-0.2, 0) is 16.1 Å². The van der Waals surface area contributed by atoms with Gasteiger partial charge in [0.15, 0.2) is 0 Å². The van der Waals surface area contributed by atoms with Crippen LogP contribution in [0.3, 0.4) is 0 Å². The molecule has 3 nitrogen and oxygen atoms in total. The highest BCUT2D eigenvalue weighted by atomic mass is 16.5. The van der Waals surface area contributed by atoms with Gasteiger partial charge in [0.05, 0.1) is 0 Å². The van der Waals surface area contributed by atoms with Crippen LogP contribution in [0.15, 0.2) is 30.3 Å². The molecular weight excluding hydrogens is 238 g/mol. The lowest BCUT2D eigenvalue weighted by Crippen LogP contribution is -2.34. The molecule has 1 atom stereocenters. The number of hydrogen-bond donors (Lipinski definition) is 1. The first-order valence-electron chi connectivity index (χ1n) is 7.22. The van der Waals surface area contributed by atoms with Gasteiger partial charge in [0, 0.05) is 0 Å². The highest BCUT2D eigenvalue weighted by Gasteiger charge is 2.22. The van der Waals surface area contributed by atoms with Crippen LogP contribution in [0.1, 0.15) is 44.1 Å². The molecule has 0 radical (unpaired) electrons. The van der Waals surface area contributed by atoms with Crippen molar-refractivity contribution in [3.63, 3.8) is 0 Å². The van der Waals surface area contributed by atoms with E-state index in [2.05, 4.69) is 0 Å². The van der Waals surface area contributed by atoms with Gasteiger partial charge >= 0.3 is 5.97 Å². The minimum Gasteiger partial charge on any atom is -0.460 e. The predicted molar refractivity (Wildman–Crippen MR) is 75.4 cm³/mol. The van der Waals surface area contributed by atoms with Crippen molar-refractivity contribution < 1.29 is 9.53 Å². The average molecular weight is 261 g/mol. The molecule has 3 heteroatoms. The topological polar surface area (TPSA) is 52.3 Å². The van der Waals surface area contributed by atoms with E-state index in [-0.39, 0.29) is 5.97 Å². The third kappa shape index (κ3) is 4.67. The van der Waals surface area contributed by atoms with Crippen molar-refractivity contribution in [3.05, 3.63) is 35.9 Å². The van der Waals surface area contributed by atoms with Crippen LogP contribution >= 0.6 is 0 Å². The van der Waals surface area contributed by atoms with Crippen molar-refractivity contribution in [1.82, 2.24) is 0 Å². The summed E-state index contributed by atoms with van der Waals surface area (Å²) in [6, 6.07) is 9.24. The highest BCUT2D eigenvalue weighted by Crippen LogP contribution is 2.27. The fraction of sp³-hybridized carbons (Fsp3) is 0.562. The standard InChI is InChI=1S/C16H23NO2/c17-15(11-13-7-3-1-4-8-13)16(18)19-12-14-9-5-2-6-10-14/h2,5-6,9-10,13,15H,1,3-4,7-8,11-12,17H2/t15-/m0/s1. The van der Waals surface area contributed by atoms with E-state index in [1.165, 1.54) is 32.1 Å². The molecule has 0 unspecified atom stereocenters. The van der Waals surface area contributed by atoms with Crippen LogP contribution in [0, 0.1) is 5.92 Å². The Morgan fingerprint density at radius 1 is 1.21 bits per heavy atom. The quantitative estimate of drug-likeness (QED) is 0.829. The molecule has 0 aliphatic heterocycles. The summed E-state index contributed by atoms with van der Waals surface area (Å²) in [5, 5.41) is 0. The van der Waals surface area contributed by atoms with E-state index in [1.807, 2.05) is 30.3 Å². The van der Waals surface area contributed by atoms with Gasteiger partial charge in [-0.25, -0.2) is 0 Å². The Morgan fingerprint density at radius 2 is 1.89 bits per heavy atom. The molecule has 0 heterocycles. The van der Waals surface area contributed by atoms with E-state index in [4.69, 9.17) is 10.5 Å². The molecule has 1 fully saturated rings. The first-order chi connectivity index (χ1) is 9.25. The number of nitrogens with two attached hydrogens (primary N) is 1. The first kappa shape index (κ1) is 14.1. The van der Waals surface area contributed by atoms with Gasteiger partial charge < -0.3 is 10.5 Å². The third-order valence-corrected chi connectivity index (χ3v) is 3.84. The minimum absolute atomic E-state index is 0.269. The summed E-state index contributed by atoms with van der Waals surface area (Å²) >= 11 is 0. The summed E-state index contributed by atoms with van der Waals surface area (Å²) in [6.45, 7) is 0.317. The second kappa shape index (κ2) is 7.29. The smallest absolute Gasteiger partial charge is 0.323 e. The van der Waals surface area contributed by atoms with Crippen molar-refractivity contribution in [2.45, 2.75) is 51.2 Å². The van der Waals surface area contributed by atoms with Crippen LogP contribution in [0.4, 0.5) is 0 Å². The van der Waals surface area contributed by atoms with E-state index in [0.717, 1.165) is 12.0 Å². The lowest BCUT2D eigenvalue weighted by atomic mass is 9.85. The molecule has 0 amide bonds. The maximum absolute atomic E-state index is 11.8. The Hall–Kier alpha value is -1.35. The van der Waals surface area contributed by atoms with Crippen molar-refractivity contribution >= 4 is 5.97 Å². The number of ether oxygens (including phenoxy) is 1. The Bertz CT molecular complexity index is 385. The fourth-order valence-corrected chi connectivity index (χ4v) is 2.71. The minimum atomic E-state index is -0.466. The second-order valence-corrected chi connectivity index (χ2v) is 5.44. The number of esters is 1. The zero-order valence-electron chi connectivity index (χ0n) is 11.4. The number of benzene rings is 1. The lowest BCUT2D eigenvalue weighted by Gasteiger charge is -2.23. The molecule has 0 bridgehead atoms. The summed E-state index contributed by atoms with van der Waals surface area (Å²) < 4.78 is 5.27. The molecular formula is C16H23NO2. The van der Waals surface area contributed by atoms with E-state index in [1.54, 1.807) is 0 Å². The third-order valence-electron chi connectivity index (χ3n) is 3.84. The molecule has 0 saturated heterocycles. The maximum atomic E-state index is 11.8. The van der Waals surface area contributed by atoms with Crippen LogP contribution in [0.25, 0.3) is 0 Å². The zero-order valence-corrected chi connectivity index (χ0v) is 11.4. The largest absolute Gasteiger partial charge is 0.460 e. The summed E-state index contributed by atoms with van der Waals surface area (Å²) in [4.78, 5) is 11.8. The van der Waals surface area contributed by atoms with Gasteiger partial charge in [-0.3, -0.25) is 4.79 Å². The normalized spacial score (nSPS) is 17.9. The van der Waals surface area contributed by atoms with Crippen molar-refractivity contribution in [3.8, 4) is 0 Å². The average Bonchev–Trinajstić information content (AvgIpc) is 2.47. The van der Waals surface area contributed by atoms with E-state index in [0.29, 0.717) is 12.5 Å². The lowest BCUT2D eigenvalue weighted by molar-refractivity contribution is -0.147. The van der Waals surface area contributed by atoms with Gasteiger partial charge in [0.2, 0.25) is 0 Å². The molecule has 2 rings (SSSR count). The Kier molecular flexibility index (Phi) is 5.40. The Balaban J connectivity index is 1.72. The van der Waals surface area contributed by atoms with Crippen LogP contribution < -0.4 is 5.73 Å². The fourth-order valence-electron chi connectivity index (χ4n) is 2.71. The zero-order chi connectivity index (χ0) is 13.5. The Labute approximate surface area is 115 Å². The van der Waals surface area contributed by atoms with Gasteiger partial charge in [-0.15, -0.1) is 0 Å². The van der Waals surface area contributed by atoms with Gasteiger partial charge in [0.1, 0.15) is 12.6 Å². The number of carbonyl (C=O) groups excluding carboxylic acids is 1. The number of carbonyl (C=O) groups is 1. The molecule has 2 N–H and O–H groups in total. The van der Waals surface area contributed by atoms with E-state index < -0.39 is 6.04 Å². The van der Waals surface area contributed by atoms with Crippen molar-refractivity contribution in [1.29, 1.82) is 0 Å². The summed E-state index contributed by atoms with van der Waals surface area (Å²) in [6.07, 6.45) is 7.06. The Morgan fingerprint density at radius 3 is 2.58 bits per heavy atom. The molecule has 1 aliphatic rings. The summed E-state index contributed by atoms with van der Waals surface area (Å²) in [5.41, 5.74) is 6.94. The SMILES string of the molecule is N[C@@H](CC1CCCCC1)C(=O)OCc1ccccc1. The molecule has 1 aromatic rings. The van der Waals surface area contributed by atoms with Crippen LogP contribution in [-0.4, -0.2) is 12.0 Å². The number of rotatable bonds is 5. The van der Waals surface area contributed by atoms with Gasteiger partial charge in [-0.1, -0.05) is 62.4 Å².